The molecule has 2 atom stereocenters. The molecule has 1 aliphatic carbocycles. The maximum atomic E-state index is 12.2. The predicted molar refractivity (Wildman–Crippen MR) is 71.9 cm³/mol. The largest absolute Gasteiger partial charge is 0.376 e. The molecule has 18 heavy (non-hydrogen) atoms. The van der Waals surface area contributed by atoms with E-state index in [9.17, 15) is 8.42 Å². The Balaban J connectivity index is 2.07. The molecule has 0 aromatic rings. The number of rotatable bonds is 4. The second kappa shape index (κ2) is 4.46. The molecule has 0 aromatic carbocycles. The highest BCUT2D eigenvalue weighted by Crippen LogP contribution is 2.43. The Morgan fingerprint density at radius 3 is 2.44 bits per heavy atom. The van der Waals surface area contributed by atoms with Gasteiger partial charge in [-0.25, -0.2) is 13.1 Å². The van der Waals surface area contributed by atoms with Crippen molar-refractivity contribution in [2.45, 2.75) is 58.6 Å². The quantitative estimate of drug-likeness (QED) is 0.852. The zero-order chi connectivity index (χ0) is 13.6. The van der Waals surface area contributed by atoms with Gasteiger partial charge in [-0.15, -0.1) is 0 Å². The van der Waals surface area contributed by atoms with Gasteiger partial charge in [0.15, 0.2) is 0 Å². The van der Waals surface area contributed by atoms with Gasteiger partial charge >= 0.3 is 0 Å². The summed E-state index contributed by atoms with van der Waals surface area (Å²) in [6, 6.07) is 0. The van der Waals surface area contributed by atoms with E-state index in [1.54, 1.807) is 0 Å². The van der Waals surface area contributed by atoms with Crippen LogP contribution in [-0.2, 0) is 14.8 Å². The highest BCUT2D eigenvalue weighted by molar-refractivity contribution is 7.89. The molecule has 1 aliphatic heterocycles. The van der Waals surface area contributed by atoms with Crippen LogP contribution in [0.5, 0.6) is 0 Å². The molecule has 0 amide bonds. The van der Waals surface area contributed by atoms with Crippen LogP contribution in [0.25, 0.3) is 0 Å². The van der Waals surface area contributed by atoms with Crippen molar-refractivity contribution in [3.8, 4) is 0 Å². The minimum Gasteiger partial charge on any atom is -0.376 e. The summed E-state index contributed by atoms with van der Waals surface area (Å²) in [5, 5.41) is 0. The van der Waals surface area contributed by atoms with Gasteiger partial charge in [0.05, 0.1) is 17.4 Å². The average Bonchev–Trinajstić information content (AvgIpc) is 2.85. The molecule has 1 saturated heterocycles. The number of hydrogen-bond acceptors (Lipinski definition) is 3. The molecule has 0 aromatic heterocycles. The van der Waals surface area contributed by atoms with Crippen molar-refractivity contribution < 1.29 is 13.2 Å². The SMILES string of the molecule is CC(C)(C)CS(=O)(=O)NC1(C)CCOC1C1CC1. The van der Waals surface area contributed by atoms with E-state index in [0.717, 1.165) is 6.42 Å². The smallest absolute Gasteiger partial charge is 0.212 e. The Morgan fingerprint density at radius 1 is 1.33 bits per heavy atom. The Morgan fingerprint density at radius 2 is 1.94 bits per heavy atom. The highest BCUT2D eigenvalue weighted by atomic mass is 32.2. The molecule has 0 bridgehead atoms. The summed E-state index contributed by atoms with van der Waals surface area (Å²) in [5.74, 6) is 0.710. The molecule has 0 radical (unpaired) electrons. The Bertz CT molecular complexity index is 408. The first-order valence-corrected chi connectivity index (χ1v) is 8.40. The van der Waals surface area contributed by atoms with Crippen LogP contribution in [0.4, 0.5) is 0 Å². The van der Waals surface area contributed by atoms with Crippen LogP contribution in [0.15, 0.2) is 0 Å². The van der Waals surface area contributed by atoms with Crippen LogP contribution in [0, 0.1) is 11.3 Å². The van der Waals surface area contributed by atoms with E-state index in [2.05, 4.69) is 4.72 Å². The van der Waals surface area contributed by atoms with Crippen molar-refractivity contribution >= 4 is 10.0 Å². The van der Waals surface area contributed by atoms with Gasteiger partial charge in [-0.3, -0.25) is 0 Å². The molecular weight excluding hydrogens is 250 g/mol. The van der Waals surface area contributed by atoms with Crippen LogP contribution in [0.3, 0.4) is 0 Å². The zero-order valence-electron chi connectivity index (χ0n) is 11.8. The number of nitrogens with one attached hydrogen (secondary N) is 1. The lowest BCUT2D eigenvalue weighted by Crippen LogP contribution is -2.53. The fourth-order valence-electron chi connectivity index (χ4n) is 2.85. The van der Waals surface area contributed by atoms with E-state index in [0.29, 0.717) is 12.5 Å². The van der Waals surface area contributed by atoms with Gasteiger partial charge in [-0.05, 0) is 37.5 Å². The predicted octanol–water partition coefficient (Wildman–Crippen LogP) is 1.91. The summed E-state index contributed by atoms with van der Waals surface area (Å²) in [5.41, 5.74) is -0.637. The number of ether oxygens (including phenoxy) is 1. The number of hydrogen-bond donors (Lipinski definition) is 1. The van der Waals surface area contributed by atoms with Gasteiger partial charge in [0, 0.05) is 6.61 Å². The number of sulfonamides is 1. The van der Waals surface area contributed by atoms with Gasteiger partial charge in [-0.1, -0.05) is 20.8 Å². The van der Waals surface area contributed by atoms with E-state index < -0.39 is 15.6 Å². The fraction of sp³-hybridized carbons (Fsp3) is 1.00. The topological polar surface area (TPSA) is 55.4 Å². The van der Waals surface area contributed by atoms with E-state index in [4.69, 9.17) is 4.74 Å². The van der Waals surface area contributed by atoms with Crippen LogP contribution < -0.4 is 4.72 Å². The summed E-state index contributed by atoms with van der Waals surface area (Å²) in [6.45, 7) is 8.48. The molecule has 4 nitrogen and oxygen atoms in total. The van der Waals surface area contributed by atoms with Crippen molar-refractivity contribution in [3.63, 3.8) is 0 Å². The Hall–Kier alpha value is -0.130. The van der Waals surface area contributed by atoms with Crippen molar-refractivity contribution in [2.24, 2.45) is 11.3 Å². The van der Waals surface area contributed by atoms with Crippen LogP contribution in [-0.4, -0.2) is 32.4 Å². The molecule has 106 valence electrons. The first-order valence-electron chi connectivity index (χ1n) is 6.75. The van der Waals surface area contributed by atoms with E-state index >= 15 is 0 Å². The van der Waals surface area contributed by atoms with Crippen LogP contribution in [0.1, 0.15) is 47.0 Å². The molecule has 2 aliphatic rings. The molecule has 1 N–H and O–H groups in total. The summed E-state index contributed by atoms with van der Waals surface area (Å²) in [6.07, 6.45) is 3.17. The van der Waals surface area contributed by atoms with Gasteiger partial charge in [0.25, 0.3) is 0 Å². The normalized spacial score (nSPS) is 33.9. The maximum absolute atomic E-state index is 12.2. The first kappa shape index (κ1) is 14.3. The standard InChI is InChI=1S/C13H25NO3S/c1-12(2,3)9-18(15,16)14-13(4)7-8-17-11(13)10-5-6-10/h10-11,14H,5-9H2,1-4H3. The molecule has 2 unspecified atom stereocenters. The molecule has 0 spiro atoms. The molecular formula is C13H25NO3S. The van der Waals surface area contributed by atoms with Gasteiger partial charge in [0.2, 0.25) is 10.0 Å². The summed E-state index contributed by atoms with van der Waals surface area (Å²) in [4.78, 5) is 0. The lowest BCUT2D eigenvalue weighted by molar-refractivity contribution is 0.0628. The van der Waals surface area contributed by atoms with Gasteiger partial charge < -0.3 is 4.74 Å². The second-order valence-corrected chi connectivity index (χ2v) is 8.94. The van der Waals surface area contributed by atoms with Gasteiger partial charge in [-0.2, -0.15) is 0 Å². The van der Waals surface area contributed by atoms with Crippen molar-refractivity contribution in [3.05, 3.63) is 0 Å². The van der Waals surface area contributed by atoms with Crippen molar-refractivity contribution in [1.29, 1.82) is 0 Å². The second-order valence-electron chi connectivity index (χ2n) is 7.22. The molecule has 1 saturated carbocycles. The Kier molecular flexibility index (Phi) is 3.54. The fourth-order valence-corrected chi connectivity index (χ4v) is 4.99. The molecule has 5 heteroatoms. The minimum atomic E-state index is -3.25. The van der Waals surface area contributed by atoms with Crippen LogP contribution in [0.2, 0.25) is 0 Å². The van der Waals surface area contributed by atoms with E-state index in [1.807, 2.05) is 27.7 Å². The summed E-state index contributed by atoms with van der Waals surface area (Å²) >= 11 is 0. The molecule has 2 fully saturated rings. The third-order valence-electron chi connectivity index (χ3n) is 3.61. The maximum Gasteiger partial charge on any atom is 0.212 e. The first-order chi connectivity index (χ1) is 8.11. The lowest BCUT2D eigenvalue weighted by Gasteiger charge is -2.32. The van der Waals surface area contributed by atoms with Gasteiger partial charge in [0.1, 0.15) is 0 Å². The third-order valence-corrected chi connectivity index (χ3v) is 5.63. The zero-order valence-corrected chi connectivity index (χ0v) is 12.6. The third kappa shape index (κ3) is 3.45. The van der Waals surface area contributed by atoms with E-state index in [1.165, 1.54) is 12.8 Å². The summed E-state index contributed by atoms with van der Waals surface area (Å²) < 4.78 is 33.1. The Labute approximate surface area is 111 Å². The van der Waals surface area contributed by atoms with Crippen molar-refractivity contribution in [1.82, 2.24) is 4.72 Å². The molecule has 2 rings (SSSR count). The molecule has 1 heterocycles. The van der Waals surface area contributed by atoms with E-state index in [-0.39, 0.29) is 17.3 Å². The van der Waals surface area contributed by atoms with Crippen LogP contribution >= 0.6 is 0 Å². The average molecular weight is 275 g/mol. The minimum absolute atomic E-state index is 0.0623. The van der Waals surface area contributed by atoms with Crippen molar-refractivity contribution in [2.75, 3.05) is 12.4 Å². The summed E-state index contributed by atoms with van der Waals surface area (Å²) in [7, 11) is -3.25. The lowest BCUT2D eigenvalue weighted by atomic mass is 9.92. The highest BCUT2D eigenvalue weighted by Gasteiger charge is 2.50. The monoisotopic (exact) mass is 275 g/mol.